The molecule has 0 radical (unpaired) electrons. The summed E-state index contributed by atoms with van der Waals surface area (Å²) in [6, 6.07) is 1.89. The number of esters is 1. The van der Waals surface area contributed by atoms with E-state index < -0.39 is 0 Å². The van der Waals surface area contributed by atoms with Crippen molar-refractivity contribution < 1.29 is 14.6 Å². The smallest absolute Gasteiger partial charge is 0.348 e. The summed E-state index contributed by atoms with van der Waals surface area (Å²) in [4.78, 5) is 15.4. The van der Waals surface area contributed by atoms with E-state index in [1.807, 2.05) is 20.0 Å². The van der Waals surface area contributed by atoms with Crippen LogP contribution in [0.2, 0.25) is 0 Å². The van der Waals surface area contributed by atoms with Gasteiger partial charge in [0, 0.05) is 18.0 Å². The number of aliphatic hydroxyl groups is 1. The molecular weight excluding hydrogens is 262 g/mol. The number of rotatable bonds is 6. The minimum absolute atomic E-state index is 0.219. The third-order valence-corrected chi connectivity index (χ3v) is 4.59. The highest BCUT2D eigenvalue weighted by molar-refractivity contribution is 7.14. The maximum Gasteiger partial charge on any atom is 0.348 e. The summed E-state index contributed by atoms with van der Waals surface area (Å²) in [5, 5.41) is 9.92. The van der Waals surface area contributed by atoms with Crippen LogP contribution in [0.1, 0.15) is 33.0 Å². The number of ether oxygens (including phenoxy) is 1. The second-order valence-electron chi connectivity index (χ2n) is 5.29. The van der Waals surface area contributed by atoms with E-state index in [1.54, 1.807) is 0 Å². The zero-order valence-corrected chi connectivity index (χ0v) is 12.5. The zero-order chi connectivity index (χ0) is 14.0. The molecule has 1 N–H and O–H groups in total. The molecule has 5 heteroatoms. The highest BCUT2D eigenvalue weighted by Crippen LogP contribution is 2.33. The minimum Gasteiger partial charge on any atom is -0.465 e. The summed E-state index contributed by atoms with van der Waals surface area (Å²) in [6.07, 6.45) is 2.09. The van der Waals surface area contributed by atoms with E-state index in [0.717, 1.165) is 29.8 Å². The van der Waals surface area contributed by atoms with Crippen LogP contribution in [0, 0.1) is 12.8 Å². The lowest BCUT2D eigenvalue weighted by atomic mass is 10.2. The molecule has 4 nitrogen and oxygen atoms in total. The Morgan fingerprint density at radius 3 is 2.89 bits per heavy atom. The molecule has 1 aromatic rings. The summed E-state index contributed by atoms with van der Waals surface area (Å²) in [5.74, 6) is 0.219. The maximum absolute atomic E-state index is 11.5. The van der Waals surface area contributed by atoms with E-state index >= 15 is 0 Å². The van der Waals surface area contributed by atoms with Gasteiger partial charge in [-0.25, -0.2) is 4.79 Å². The van der Waals surface area contributed by atoms with E-state index in [-0.39, 0.29) is 12.1 Å². The summed E-state index contributed by atoms with van der Waals surface area (Å²) in [6.45, 7) is 3.45. The first-order valence-corrected chi connectivity index (χ1v) is 7.37. The van der Waals surface area contributed by atoms with E-state index in [1.165, 1.54) is 18.4 Å². The van der Waals surface area contributed by atoms with Gasteiger partial charge in [-0.2, -0.15) is 0 Å². The van der Waals surface area contributed by atoms with Gasteiger partial charge in [0.05, 0.1) is 13.2 Å². The Morgan fingerprint density at radius 2 is 2.32 bits per heavy atom. The zero-order valence-electron chi connectivity index (χ0n) is 11.7. The van der Waals surface area contributed by atoms with Crippen molar-refractivity contribution in [1.82, 2.24) is 4.90 Å². The van der Waals surface area contributed by atoms with Crippen molar-refractivity contribution in [3.63, 3.8) is 0 Å². The molecule has 106 valence electrons. The van der Waals surface area contributed by atoms with Gasteiger partial charge in [0.15, 0.2) is 0 Å². The van der Waals surface area contributed by atoms with Crippen molar-refractivity contribution in [3.8, 4) is 0 Å². The first-order valence-electron chi connectivity index (χ1n) is 6.55. The molecule has 19 heavy (non-hydrogen) atoms. The minimum atomic E-state index is -0.278. The molecule has 0 aliphatic heterocycles. The highest BCUT2D eigenvalue weighted by atomic mass is 32.1. The molecule has 1 fully saturated rings. The largest absolute Gasteiger partial charge is 0.465 e. The SMILES string of the molecule is COC(=O)c1cc(CN(C)CC(O)C2CC2)c(C)s1. The Hall–Kier alpha value is -0.910. The van der Waals surface area contributed by atoms with Gasteiger partial charge in [-0.05, 0) is 44.4 Å². The van der Waals surface area contributed by atoms with Gasteiger partial charge in [-0.1, -0.05) is 0 Å². The van der Waals surface area contributed by atoms with Crippen molar-refractivity contribution >= 4 is 17.3 Å². The molecule has 1 atom stereocenters. The van der Waals surface area contributed by atoms with Gasteiger partial charge in [-0.15, -0.1) is 11.3 Å². The van der Waals surface area contributed by atoms with Gasteiger partial charge >= 0.3 is 5.97 Å². The Bertz CT molecular complexity index is 454. The molecule has 1 aliphatic carbocycles. The number of carbonyl (C=O) groups excluding carboxylic acids is 1. The summed E-state index contributed by atoms with van der Waals surface area (Å²) in [5.41, 5.74) is 1.14. The molecule has 0 bridgehead atoms. The Labute approximate surface area is 118 Å². The highest BCUT2D eigenvalue weighted by Gasteiger charge is 2.30. The second kappa shape index (κ2) is 6.03. The lowest BCUT2D eigenvalue weighted by Crippen LogP contribution is -2.30. The van der Waals surface area contributed by atoms with Crippen molar-refractivity contribution in [1.29, 1.82) is 0 Å². The number of carbonyl (C=O) groups is 1. The van der Waals surface area contributed by atoms with Gasteiger partial charge in [-0.3, -0.25) is 4.90 Å². The first-order chi connectivity index (χ1) is 9.01. The molecule has 1 saturated carbocycles. The van der Waals surface area contributed by atoms with Gasteiger partial charge in [0.1, 0.15) is 4.88 Å². The maximum atomic E-state index is 11.5. The molecule has 1 aromatic heterocycles. The topological polar surface area (TPSA) is 49.8 Å². The molecule has 1 aliphatic rings. The number of thiophene rings is 1. The molecule has 0 saturated heterocycles. The van der Waals surface area contributed by atoms with Gasteiger partial charge in [0.2, 0.25) is 0 Å². The van der Waals surface area contributed by atoms with Crippen LogP contribution < -0.4 is 0 Å². The molecule has 0 amide bonds. The molecular formula is C14H21NO3S. The van der Waals surface area contributed by atoms with Crippen LogP contribution in [0.5, 0.6) is 0 Å². The van der Waals surface area contributed by atoms with Crippen molar-refractivity contribution in [2.45, 2.75) is 32.4 Å². The van der Waals surface area contributed by atoms with Crippen LogP contribution in [-0.4, -0.2) is 42.8 Å². The Kier molecular flexibility index (Phi) is 4.60. The summed E-state index contributed by atoms with van der Waals surface area (Å²) in [7, 11) is 3.40. The molecule has 0 aromatic carbocycles. The first kappa shape index (κ1) is 14.5. The van der Waals surface area contributed by atoms with Crippen molar-refractivity contribution in [2.24, 2.45) is 5.92 Å². The van der Waals surface area contributed by atoms with Crippen LogP contribution in [-0.2, 0) is 11.3 Å². The Morgan fingerprint density at radius 1 is 1.63 bits per heavy atom. The molecule has 2 rings (SSSR count). The van der Waals surface area contributed by atoms with Crippen LogP contribution in [0.15, 0.2) is 6.07 Å². The average Bonchev–Trinajstić information content (AvgIpc) is 3.15. The Balaban J connectivity index is 1.93. The van der Waals surface area contributed by atoms with Gasteiger partial charge in [0.25, 0.3) is 0 Å². The third kappa shape index (κ3) is 3.78. The third-order valence-electron chi connectivity index (χ3n) is 3.51. The second-order valence-corrected chi connectivity index (χ2v) is 6.54. The molecule has 0 spiro atoms. The lowest BCUT2D eigenvalue weighted by Gasteiger charge is -2.20. The fourth-order valence-electron chi connectivity index (χ4n) is 2.18. The van der Waals surface area contributed by atoms with Gasteiger partial charge < -0.3 is 9.84 Å². The van der Waals surface area contributed by atoms with Crippen LogP contribution in [0.4, 0.5) is 0 Å². The lowest BCUT2D eigenvalue weighted by molar-refractivity contribution is 0.0606. The van der Waals surface area contributed by atoms with E-state index in [0.29, 0.717) is 17.3 Å². The predicted octanol–water partition coefficient (Wildman–Crippen LogP) is 2.05. The van der Waals surface area contributed by atoms with Crippen LogP contribution in [0.25, 0.3) is 0 Å². The number of likely N-dealkylation sites (N-methyl/N-ethyl adjacent to an activating group) is 1. The quantitative estimate of drug-likeness (QED) is 0.812. The van der Waals surface area contributed by atoms with E-state index in [4.69, 9.17) is 4.74 Å². The number of hydrogen-bond donors (Lipinski definition) is 1. The van der Waals surface area contributed by atoms with Crippen molar-refractivity contribution in [2.75, 3.05) is 20.7 Å². The van der Waals surface area contributed by atoms with E-state index in [9.17, 15) is 9.90 Å². The number of hydrogen-bond acceptors (Lipinski definition) is 5. The number of methoxy groups -OCH3 is 1. The fraction of sp³-hybridized carbons (Fsp3) is 0.643. The van der Waals surface area contributed by atoms with E-state index in [2.05, 4.69) is 4.90 Å². The summed E-state index contributed by atoms with van der Waals surface area (Å²) < 4.78 is 4.73. The number of nitrogens with zero attached hydrogens (tertiary/aromatic N) is 1. The predicted molar refractivity (Wildman–Crippen MR) is 75.5 cm³/mol. The summed E-state index contributed by atoms with van der Waals surface area (Å²) >= 11 is 1.46. The molecule has 1 unspecified atom stereocenters. The monoisotopic (exact) mass is 283 g/mol. The van der Waals surface area contributed by atoms with Crippen LogP contribution >= 0.6 is 11.3 Å². The fourth-order valence-corrected chi connectivity index (χ4v) is 3.14. The standard InChI is InChI=1S/C14H21NO3S/c1-9-11(6-13(19-9)14(17)18-3)7-15(2)8-12(16)10-4-5-10/h6,10,12,16H,4-5,7-8H2,1-3H3. The van der Waals surface area contributed by atoms with Crippen molar-refractivity contribution in [3.05, 3.63) is 21.4 Å². The average molecular weight is 283 g/mol. The number of aliphatic hydroxyl groups excluding tert-OH is 1. The molecule has 1 heterocycles. The van der Waals surface area contributed by atoms with Crippen LogP contribution in [0.3, 0.4) is 0 Å². The normalized spacial score (nSPS) is 16.7. The number of aryl methyl sites for hydroxylation is 1.